The molecule has 0 saturated heterocycles. The van der Waals surface area contributed by atoms with E-state index in [2.05, 4.69) is 4.72 Å². The Balaban J connectivity index is 3.16. The van der Waals surface area contributed by atoms with Crippen LogP contribution in [0.1, 0.15) is 12.5 Å². The molecule has 1 rings (SSSR count). The molecular weight excluding hydrogens is 291 g/mol. The van der Waals surface area contributed by atoms with Crippen molar-refractivity contribution in [2.24, 2.45) is 0 Å². The molecule has 0 amide bonds. The van der Waals surface area contributed by atoms with Crippen LogP contribution in [-0.2, 0) is 14.8 Å². The Hall–Kier alpha value is -1.58. The number of nitro groups is 1. The maximum Gasteiger partial charge on any atom is 0.306 e. The lowest BCUT2D eigenvalue weighted by Crippen LogP contribution is -2.31. The molecule has 0 aliphatic heterocycles. The Morgan fingerprint density at radius 2 is 2.10 bits per heavy atom. The predicted molar refractivity (Wildman–Crippen MR) is 69.5 cm³/mol. The Bertz CT molecular complexity index is 617. The van der Waals surface area contributed by atoms with E-state index in [-0.39, 0.29) is 23.1 Å². The molecule has 1 unspecified atom stereocenters. The number of ether oxygens (including phenoxy) is 1. The smallest absolute Gasteiger partial charge is 0.306 e. The normalized spacial score (nSPS) is 13.2. The van der Waals surface area contributed by atoms with Crippen LogP contribution in [0.2, 0.25) is 0 Å². The fourth-order valence-corrected chi connectivity index (χ4v) is 2.62. The number of nitrogens with one attached hydrogen (secondary N) is 1. The van der Waals surface area contributed by atoms with Crippen LogP contribution in [0.25, 0.3) is 0 Å². The summed E-state index contributed by atoms with van der Waals surface area (Å²) in [4.78, 5) is 9.38. The first-order chi connectivity index (χ1) is 9.19. The van der Waals surface area contributed by atoms with Crippen LogP contribution < -0.4 is 4.72 Å². The van der Waals surface area contributed by atoms with E-state index in [0.29, 0.717) is 6.07 Å². The molecule has 1 aromatic carbocycles. The molecule has 9 heteroatoms. The number of benzene rings is 1. The van der Waals surface area contributed by atoms with Crippen molar-refractivity contribution in [3.05, 3.63) is 33.6 Å². The largest absolute Gasteiger partial charge is 0.380 e. The van der Waals surface area contributed by atoms with Gasteiger partial charge in [-0.3, -0.25) is 10.1 Å². The van der Waals surface area contributed by atoms with Crippen molar-refractivity contribution in [2.45, 2.75) is 24.8 Å². The van der Waals surface area contributed by atoms with Gasteiger partial charge in [0.2, 0.25) is 15.8 Å². The zero-order valence-electron chi connectivity index (χ0n) is 11.2. The standard InChI is InChI=1S/C11H15FN2O5S/c1-7-4-9(5-10(11(7)12)14(15)16)20(17,18)13-6-8(2)19-3/h4-5,8,13H,6H2,1-3H3. The van der Waals surface area contributed by atoms with Gasteiger partial charge in [-0.25, -0.2) is 13.1 Å². The summed E-state index contributed by atoms with van der Waals surface area (Å²) in [6.07, 6.45) is -0.360. The highest BCUT2D eigenvalue weighted by Gasteiger charge is 2.24. The van der Waals surface area contributed by atoms with Gasteiger partial charge in [0.15, 0.2) is 0 Å². The minimum absolute atomic E-state index is 0.00303. The van der Waals surface area contributed by atoms with Crippen LogP contribution in [0.4, 0.5) is 10.1 Å². The van der Waals surface area contributed by atoms with E-state index in [1.807, 2.05) is 0 Å². The molecule has 0 aromatic heterocycles. The van der Waals surface area contributed by atoms with Crippen molar-refractivity contribution in [2.75, 3.05) is 13.7 Å². The minimum Gasteiger partial charge on any atom is -0.380 e. The molecule has 1 N–H and O–H groups in total. The first-order valence-electron chi connectivity index (χ1n) is 5.66. The number of methoxy groups -OCH3 is 1. The molecule has 0 aliphatic carbocycles. The molecule has 0 heterocycles. The van der Waals surface area contributed by atoms with Crippen molar-refractivity contribution in [1.29, 1.82) is 0 Å². The van der Waals surface area contributed by atoms with Gasteiger partial charge in [0.1, 0.15) is 0 Å². The van der Waals surface area contributed by atoms with Gasteiger partial charge in [0, 0.05) is 19.7 Å². The van der Waals surface area contributed by atoms with Gasteiger partial charge < -0.3 is 4.74 Å². The second kappa shape index (κ2) is 6.25. The fraction of sp³-hybridized carbons (Fsp3) is 0.455. The van der Waals surface area contributed by atoms with Crippen molar-refractivity contribution in [3.63, 3.8) is 0 Å². The topological polar surface area (TPSA) is 98.5 Å². The molecule has 112 valence electrons. The molecule has 0 spiro atoms. The second-order valence-electron chi connectivity index (χ2n) is 4.23. The summed E-state index contributed by atoms with van der Waals surface area (Å²) < 4.78 is 44.6. The highest BCUT2D eigenvalue weighted by atomic mass is 32.2. The molecule has 0 radical (unpaired) electrons. The summed E-state index contributed by atoms with van der Waals surface area (Å²) in [6, 6.07) is 1.74. The van der Waals surface area contributed by atoms with Gasteiger partial charge >= 0.3 is 5.69 Å². The summed E-state index contributed by atoms with van der Waals surface area (Å²) in [5.41, 5.74) is -0.982. The third-order valence-corrected chi connectivity index (χ3v) is 4.08. The van der Waals surface area contributed by atoms with Gasteiger partial charge in [0.05, 0.1) is 15.9 Å². The molecule has 0 saturated carbocycles. The Kier molecular flexibility index (Phi) is 5.15. The van der Waals surface area contributed by atoms with Crippen LogP contribution in [0.15, 0.2) is 17.0 Å². The van der Waals surface area contributed by atoms with Gasteiger partial charge in [-0.05, 0) is 25.5 Å². The van der Waals surface area contributed by atoms with E-state index in [1.165, 1.54) is 14.0 Å². The average molecular weight is 306 g/mol. The van der Waals surface area contributed by atoms with Crippen LogP contribution in [-0.4, -0.2) is 33.1 Å². The monoisotopic (exact) mass is 306 g/mol. The molecule has 1 aromatic rings. The number of hydrogen-bond donors (Lipinski definition) is 1. The molecule has 20 heavy (non-hydrogen) atoms. The lowest BCUT2D eigenvalue weighted by atomic mass is 10.2. The maximum atomic E-state index is 13.5. The lowest BCUT2D eigenvalue weighted by Gasteiger charge is -2.12. The number of nitrogens with zero attached hydrogens (tertiary/aromatic N) is 1. The minimum atomic E-state index is -3.96. The first kappa shape index (κ1) is 16.5. The fourth-order valence-electron chi connectivity index (χ4n) is 1.40. The number of rotatable bonds is 6. The third kappa shape index (κ3) is 3.71. The van der Waals surface area contributed by atoms with E-state index in [0.717, 1.165) is 6.07 Å². The Labute approximate surface area is 115 Å². The van der Waals surface area contributed by atoms with Gasteiger partial charge in [-0.1, -0.05) is 0 Å². The van der Waals surface area contributed by atoms with Gasteiger partial charge in [-0.15, -0.1) is 0 Å². The van der Waals surface area contributed by atoms with E-state index in [4.69, 9.17) is 4.74 Å². The zero-order valence-corrected chi connectivity index (χ0v) is 12.0. The van der Waals surface area contributed by atoms with Crippen LogP contribution in [0, 0.1) is 22.9 Å². The van der Waals surface area contributed by atoms with E-state index in [9.17, 15) is 22.9 Å². The van der Waals surface area contributed by atoms with E-state index < -0.39 is 26.5 Å². The third-order valence-electron chi connectivity index (χ3n) is 2.68. The molecule has 0 aliphatic rings. The molecular formula is C11H15FN2O5S. The van der Waals surface area contributed by atoms with Crippen molar-refractivity contribution >= 4 is 15.7 Å². The average Bonchev–Trinajstić information content (AvgIpc) is 2.38. The first-order valence-corrected chi connectivity index (χ1v) is 7.14. The maximum absolute atomic E-state index is 13.5. The van der Waals surface area contributed by atoms with Gasteiger partial charge in [-0.2, -0.15) is 4.39 Å². The summed E-state index contributed by atoms with van der Waals surface area (Å²) >= 11 is 0. The zero-order chi connectivity index (χ0) is 15.5. The Morgan fingerprint density at radius 3 is 2.60 bits per heavy atom. The number of nitro benzene ring substituents is 1. The van der Waals surface area contributed by atoms with Crippen LogP contribution in [0.5, 0.6) is 0 Å². The molecule has 0 fully saturated rings. The lowest BCUT2D eigenvalue weighted by molar-refractivity contribution is -0.387. The molecule has 1 atom stereocenters. The number of sulfonamides is 1. The second-order valence-corrected chi connectivity index (χ2v) is 6.00. The summed E-state index contributed by atoms with van der Waals surface area (Å²) in [5, 5.41) is 10.7. The van der Waals surface area contributed by atoms with Crippen molar-refractivity contribution < 1.29 is 22.5 Å². The van der Waals surface area contributed by atoms with Crippen LogP contribution >= 0.6 is 0 Å². The number of aryl methyl sites for hydroxylation is 1. The van der Waals surface area contributed by atoms with Gasteiger partial charge in [0.25, 0.3) is 0 Å². The van der Waals surface area contributed by atoms with Crippen LogP contribution in [0.3, 0.4) is 0 Å². The number of halogens is 1. The SMILES string of the molecule is COC(C)CNS(=O)(=O)c1cc(C)c(F)c([N+](=O)[O-])c1. The summed E-state index contributed by atoms with van der Waals surface area (Å²) in [5.74, 6) is -1.04. The predicted octanol–water partition coefficient (Wildman–Crippen LogP) is 1.36. The molecule has 7 nitrogen and oxygen atoms in total. The highest BCUT2D eigenvalue weighted by Crippen LogP contribution is 2.24. The Morgan fingerprint density at radius 1 is 1.50 bits per heavy atom. The van der Waals surface area contributed by atoms with Crippen molar-refractivity contribution in [1.82, 2.24) is 4.72 Å². The molecule has 0 bridgehead atoms. The summed E-state index contributed by atoms with van der Waals surface area (Å²) in [6.45, 7) is 2.92. The van der Waals surface area contributed by atoms with E-state index in [1.54, 1.807) is 6.92 Å². The van der Waals surface area contributed by atoms with E-state index >= 15 is 0 Å². The summed E-state index contributed by atoms with van der Waals surface area (Å²) in [7, 11) is -2.54. The number of hydrogen-bond acceptors (Lipinski definition) is 5. The highest BCUT2D eigenvalue weighted by molar-refractivity contribution is 7.89. The van der Waals surface area contributed by atoms with Crippen molar-refractivity contribution in [3.8, 4) is 0 Å². The quantitative estimate of drug-likeness (QED) is 0.632.